The van der Waals surface area contributed by atoms with Crippen molar-refractivity contribution >= 4 is 23.0 Å². The Morgan fingerprint density at radius 2 is 2.21 bits per heavy atom. The molecule has 2 aromatic heterocycles. The van der Waals surface area contributed by atoms with Crippen LogP contribution in [-0.4, -0.2) is 22.1 Å². The van der Waals surface area contributed by atoms with Gasteiger partial charge >= 0.3 is 0 Å². The number of hydrogen-bond donors (Lipinski definition) is 2. The standard InChI is InChI=1S/C12H17N5OS/c1-12(2,11-14-4-5-19-11)17-9-6-8(13)15-10(16-9)7-18-3/h4-6H,7H2,1-3H3,(H3,13,15,16,17). The van der Waals surface area contributed by atoms with E-state index in [1.54, 1.807) is 30.7 Å². The van der Waals surface area contributed by atoms with Crippen molar-refractivity contribution in [2.45, 2.75) is 26.0 Å². The minimum absolute atomic E-state index is 0.320. The summed E-state index contributed by atoms with van der Waals surface area (Å²) in [5.74, 6) is 1.64. The normalized spacial score (nSPS) is 11.5. The summed E-state index contributed by atoms with van der Waals surface area (Å²) in [6, 6.07) is 1.70. The van der Waals surface area contributed by atoms with Crippen molar-refractivity contribution in [1.82, 2.24) is 15.0 Å². The third-order valence-electron chi connectivity index (χ3n) is 2.47. The van der Waals surface area contributed by atoms with Gasteiger partial charge in [0.1, 0.15) is 23.3 Å². The summed E-state index contributed by atoms with van der Waals surface area (Å²) in [5, 5.41) is 6.25. The van der Waals surface area contributed by atoms with Gasteiger partial charge in [-0.05, 0) is 13.8 Å². The zero-order valence-electron chi connectivity index (χ0n) is 11.2. The quantitative estimate of drug-likeness (QED) is 0.870. The van der Waals surface area contributed by atoms with Gasteiger partial charge in [0.2, 0.25) is 0 Å². The second-order valence-electron chi connectivity index (χ2n) is 4.61. The first-order chi connectivity index (χ1) is 9.01. The number of ether oxygens (including phenoxy) is 1. The average molecular weight is 279 g/mol. The molecule has 7 heteroatoms. The molecule has 0 amide bonds. The van der Waals surface area contributed by atoms with Gasteiger partial charge in [-0.2, -0.15) is 0 Å². The highest BCUT2D eigenvalue weighted by molar-refractivity contribution is 7.09. The zero-order chi connectivity index (χ0) is 13.9. The van der Waals surface area contributed by atoms with E-state index in [1.807, 2.05) is 19.2 Å². The SMILES string of the molecule is COCc1nc(N)cc(NC(C)(C)c2nccs2)n1. The van der Waals surface area contributed by atoms with Crippen molar-refractivity contribution in [2.24, 2.45) is 0 Å². The maximum Gasteiger partial charge on any atom is 0.158 e. The lowest BCUT2D eigenvalue weighted by Gasteiger charge is -2.24. The van der Waals surface area contributed by atoms with E-state index in [2.05, 4.69) is 20.3 Å². The Morgan fingerprint density at radius 1 is 1.42 bits per heavy atom. The van der Waals surface area contributed by atoms with Crippen LogP contribution in [0.1, 0.15) is 24.7 Å². The van der Waals surface area contributed by atoms with Crippen LogP contribution in [0.15, 0.2) is 17.6 Å². The van der Waals surface area contributed by atoms with Gasteiger partial charge in [-0.1, -0.05) is 0 Å². The van der Waals surface area contributed by atoms with E-state index in [0.29, 0.717) is 24.1 Å². The van der Waals surface area contributed by atoms with Gasteiger partial charge < -0.3 is 15.8 Å². The molecule has 2 aromatic rings. The molecule has 0 saturated carbocycles. The lowest BCUT2D eigenvalue weighted by Crippen LogP contribution is -2.28. The van der Waals surface area contributed by atoms with Crippen LogP contribution in [0.25, 0.3) is 0 Å². The first kappa shape index (κ1) is 13.7. The number of thiazole rings is 1. The fourth-order valence-corrected chi connectivity index (χ4v) is 2.40. The predicted octanol–water partition coefficient (Wildman–Crippen LogP) is 2.01. The van der Waals surface area contributed by atoms with E-state index >= 15 is 0 Å². The van der Waals surface area contributed by atoms with Crippen LogP contribution >= 0.6 is 11.3 Å². The van der Waals surface area contributed by atoms with E-state index in [4.69, 9.17) is 10.5 Å². The molecule has 0 radical (unpaired) electrons. The summed E-state index contributed by atoms with van der Waals surface area (Å²) in [6.07, 6.45) is 1.79. The van der Waals surface area contributed by atoms with Crippen molar-refractivity contribution in [3.63, 3.8) is 0 Å². The molecule has 0 unspecified atom stereocenters. The van der Waals surface area contributed by atoms with Gasteiger partial charge in [-0.3, -0.25) is 0 Å². The van der Waals surface area contributed by atoms with Crippen LogP contribution in [0, 0.1) is 0 Å². The van der Waals surface area contributed by atoms with Crippen LogP contribution in [0.2, 0.25) is 0 Å². The molecular formula is C12H17N5OS. The van der Waals surface area contributed by atoms with E-state index in [1.165, 1.54) is 0 Å². The molecule has 102 valence electrons. The molecule has 3 N–H and O–H groups in total. The number of nitrogens with two attached hydrogens (primary N) is 1. The first-order valence-electron chi connectivity index (χ1n) is 5.82. The topological polar surface area (TPSA) is 86.0 Å². The van der Waals surface area contributed by atoms with Gasteiger partial charge in [0.15, 0.2) is 5.82 Å². The Balaban J connectivity index is 2.23. The number of nitrogens with zero attached hydrogens (tertiary/aromatic N) is 3. The first-order valence-corrected chi connectivity index (χ1v) is 6.70. The molecule has 0 aliphatic rings. The fourth-order valence-electron chi connectivity index (χ4n) is 1.68. The van der Waals surface area contributed by atoms with Crippen LogP contribution in [-0.2, 0) is 16.9 Å². The van der Waals surface area contributed by atoms with E-state index < -0.39 is 0 Å². The molecule has 0 aliphatic carbocycles. The van der Waals surface area contributed by atoms with Crippen molar-refractivity contribution in [3.8, 4) is 0 Å². The smallest absolute Gasteiger partial charge is 0.158 e. The van der Waals surface area contributed by atoms with Crippen molar-refractivity contribution in [3.05, 3.63) is 28.5 Å². The van der Waals surface area contributed by atoms with Gasteiger partial charge in [0.25, 0.3) is 0 Å². The molecule has 0 saturated heterocycles. The fraction of sp³-hybridized carbons (Fsp3) is 0.417. The third-order valence-corrected chi connectivity index (χ3v) is 3.57. The van der Waals surface area contributed by atoms with Gasteiger partial charge in [-0.25, -0.2) is 15.0 Å². The lowest BCUT2D eigenvalue weighted by molar-refractivity contribution is 0.178. The summed E-state index contributed by atoms with van der Waals surface area (Å²) in [4.78, 5) is 12.8. The maximum absolute atomic E-state index is 5.77. The molecule has 0 fully saturated rings. The van der Waals surface area contributed by atoms with Gasteiger partial charge in [-0.15, -0.1) is 11.3 Å². The molecule has 2 rings (SSSR count). The van der Waals surface area contributed by atoms with Crippen molar-refractivity contribution < 1.29 is 4.74 Å². The van der Waals surface area contributed by atoms with Crippen LogP contribution in [0.3, 0.4) is 0 Å². The highest BCUT2D eigenvalue weighted by atomic mass is 32.1. The Bertz CT molecular complexity index is 541. The number of hydrogen-bond acceptors (Lipinski definition) is 7. The molecular weight excluding hydrogens is 262 g/mol. The number of nitrogens with one attached hydrogen (secondary N) is 1. The zero-order valence-corrected chi connectivity index (χ0v) is 12.0. The maximum atomic E-state index is 5.77. The predicted molar refractivity (Wildman–Crippen MR) is 75.9 cm³/mol. The molecule has 2 heterocycles. The summed E-state index contributed by atoms with van der Waals surface area (Å²) >= 11 is 1.59. The molecule has 0 aliphatic heterocycles. The van der Waals surface area contributed by atoms with Crippen molar-refractivity contribution in [2.75, 3.05) is 18.2 Å². The molecule has 0 bridgehead atoms. The molecule has 0 aromatic carbocycles. The largest absolute Gasteiger partial charge is 0.384 e. The Labute approximate surface area is 116 Å². The van der Waals surface area contributed by atoms with Crippen LogP contribution in [0.4, 0.5) is 11.6 Å². The Hall–Kier alpha value is -1.73. The minimum atomic E-state index is -0.320. The summed E-state index contributed by atoms with van der Waals surface area (Å²) in [7, 11) is 1.60. The molecule has 0 spiro atoms. The second kappa shape index (κ2) is 5.50. The summed E-state index contributed by atoms with van der Waals surface area (Å²) < 4.78 is 5.02. The number of rotatable bonds is 5. The molecule has 19 heavy (non-hydrogen) atoms. The summed E-state index contributed by atoms with van der Waals surface area (Å²) in [5.41, 5.74) is 5.45. The molecule has 6 nitrogen and oxygen atoms in total. The van der Waals surface area contributed by atoms with Gasteiger partial charge in [0.05, 0.1) is 5.54 Å². The monoisotopic (exact) mass is 279 g/mol. The highest BCUT2D eigenvalue weighted by Crippen LogP contribution is 2.26. The lowest BCUT2D eigenvalue weighted by atomic mass is 10.1. The molecule has 0 atom stereocenters. The van der Waals surface area contributed by atoms with Crippen LogP contribution in [0.5, 0.6) is 0 Å². The second-order valence-corrected chi connectivity index (χ2v) is 5.51. The van der Waals surface area contributed by atoms with Crippen LogP contribution < -0.4 is 11.1 Å². The number of aromatic nitrogens is 3. The number of anilines is 2. The highest BCUT2D eigenvalue weighted by Gasteiger charge is 2.23. The van der Waals surface area contributed by atoms with E-state index in [9.17, 15) is 0 Å². The average Bonchev–Trinajstić information content (AvgIpc) is 2.81. The summed E-state index contributed by atoms with van der Waals surface area (Å²) in [6.45, 7) is 4.41. The number of methoxy groups -OCH3 is 1. The van der Waals surface area contributed by atoms with E-state index in [-0.39, 0.29) is 5.54 Å². The Morgan fingerprint density at radius 3 is 2.84 bits per heavy atom. The van der Waals surface area contributed by atoms with Gasteiger partial charge in [0, 0.05) is 24.8 Å². The minimum Gasteiger partial charge on any atom is -0.384 e. The third kappa shape index (κ3) is 3.39. The number of nitrogen functional groups attached to an aromatic ring is 1. The van der Waals surface area contributed by atoms with Crippen molar-refractivity contribution in [1.29, 1.82) is 0 Å². The van der Waals surface area contributed by atoms with E-state index in [0.717, 1.165) is 5.01 Å². The Kier molecular flexibility index (Phi) is 3.96.